The molecule has 180 valence electrons. The van der Waals surface area contributed by atoms with Crippen LogP contribution in [0.4, 0.5) is 5.69 Å². The number of amides is 1. The lowest BCUT2D eigenvalue weighted by molar-refractivity contribution is -0.123. The summed E-state index contributed by atoms with van der Waals surface area (Å²) in [6.07, 6.45) is 0.726. The Morgan fingerprint density at radius 3 is 2.41 bits per heavy atom. The number of thiocarbonyl (C=S) groups is 1. The Bertz CT molecular complexity index is 1090. The zero-order valence-corrected chi connectivity index (χ0v) is 21.7. The van der Waals surface area contributed by atoms with Gasteiger partial charge in [0.2, 0.25) is 0 Å². The van der Waals surface area contributed by atoms with Crippen LogP contribution in [0.2, 0.25) is 0 Å². The summed E-state index contributed by atoms with van der Waals surface area (Å²) in [5.41, 5.74) is 2.58. The molecular formula is C27H34N4O2S. The van der Waals surface area contributed by atoms with Gasteiger partial charge in [-0.1, -0.05) is 26.0 Å². The van der Waals surface area contributed by atoms with E-state index in [1.807, 2.05) is 43.9 Å². The van der Waals surface area contributed by atoms with Gasteiger partial charge in [0.05, 0.1) is 23.9 Å². The molecule has 2 aromatic carbocycles. The van der Waals surface area contributed by atoms with Crippen LogP contribution in [0.5, 0.6) is 5.75 Å². The molecule has 1 N–H and O–H groups in total. The lowest BCUT2D eigenvalue weighted by Crippen LogP contribution is -2.44. The first-order chi connectivity index (χ1) is 16.1. The Hall–Kier alpha value is -2.95. The minimum Gasteiger partial charge on any atom is -0.494 e. The molecule has 1 fully saturated rings. The summed E-state index contributed by atoms with van der Waals surface area (Å²) in [5, 5.41) is 13.2. The third-order valence-electron chi connectivity index (χ3n) is 6.17. The molecule has 1 heterocycles. The zero-order chi connectivity index (χ0) is 25.0. The Morgan fingerprint density at radius 2 is 1.82 bits per heavy atom. The molecule has 0 aliphatic carbocycles. The maximum atomic E-state index is 13.2. The van der Waals surface area contributed by atoms with Crippen LogP contribution < -0.4 is 15.0 Å². The molecule has 1 aliphatic rings. The number of nitrogens with one attached hydrogen (secondary N) is 1. The van der Waals surface area contributed by atoms with E-state index in [9.17, 15) is 10.1 Å². The van der Waals surface area contributed by atoms with Crippen molar-refractivity contribution in [3.63, 3.8) is 0 Å². The molecule has 1 saturated heterocycles. The second kappa shape index (κ2) is 10.5. The van der Waals surface area contributed by atoms with Crippen LogP contribution in [-0.4, -0.2) is 40.7 Å². The molecule has 2 aromatic rings. The molecule has 0 spiro atoms. The maximum absolute atomic E-state index is 13.2. The number of rotatable bonds is 9. The lowest BCUT2D eigenvalue weighted by atomic mass is 10.0. The van der Waals surface area contributed by atoms with Gasteiger partial charge < -0.3 is 15.0 Å². The normalized spacial score (nSPS) is 16.2. The molecule has 0 aromatic heterocycles. The quantitative estimate of drug-likeness (QED) is 0.399. The molecule has 1 atom stereocenters. The number of hydrogen-bond donors (Lipinski definition) is 1. The van der Waals surface area contributed by atoms with Crippen molar-refractivity contribution in [2.24, 2.45) is 0 Å². The van der Waals surface area contributed by atoms with E-state index in [1.54, 1.807) is 17.0 Å². The Balaban J connectivity index is 1.59. The average molecular weight is 479 g/mol. The molecule has 0 bridgehead atoms. The fraction of sp³-hybridized carbons (Fsp3) is 0.444. The number of ether oxygens (including phenoxy) is 1. The monoisotopic (exact) mass is 478 g/mol. The van der Waals surface area contributed by atoms with Crippen LogP contribution in [-0.2, 0) is 4.79 Å². The smallest absolute Gasteiger partial charge is 0.258 e. The van der Waals surface area contributed by atoms with Crippen molar-refractivity contribution in [1.29, 1.82) is 5.26 Å². The van der Waals surface area contributed by atoms with Gasteiger partial charge in [-0.05, 0) is 87.8 Å². The number of benzene rings is 2. The second-order valence-electron chi connectivity index (χ2n) is 9.56. The second-order valence-corrected chi connectivity index (χ2v) is 9.92. The number of nitriles is 1. The maximum Gasteiger partial charge on any atom is 0.258 e. The van der Waals surface area contributed by atoms with Gasteiger partial charge in [-0.25, -0.2) is 0 Å². The van der Waals surface area contributed by atoms with Crippen LogP contribution in [0.1, 0.15) is 63.8 Å². The van der Waals surface area contributed by atoms with Crippen molar-refractivity contribution in [3.05, 3.63) is 59.2 Å². The Morgan fingerprint density at radius 1 is 1.15 bits per heavy atom. The number of anilines is 1. The van der Waals surface area contributed by atoms with Gasteiger partial charge in [-0.3, -0.25) is 9.69 Å². The highest BCUT2D eigenvalue weighted by atomic mass is 32.1. The van der Waals surface area contributed by atoms with Crippen LogP contribution in [0.3, 0.4) is 0 Å². The van der Waals surface area contributed by atoms with Gasteiger partial charge in [0.1, 0.15) is 11.3 Å². The topological polar surface area (TPSA) is 68.6 Å². The van der Waals surface area contributed by atoms with Crippen molar-refractivity contribution in [2.75, 3.05) is 18.1 Å². The molecule has 0 saturated carbocycles. The summed E-state index contributed by atoms with van der Waals surface area (Å²) in [4.78, 5) is 16.8. The molecule has 1 amide bonds. The molecule has 1 unspecified atom stereocenters. The summed E-state index contributed by atoms with van der Waals surface area (Å²) < 4.78 is 5.95. The largest absolute Gasteiger partial charge is 0.494 e. The number of nitrogens with zero attached hydrogens (tertiary/aromatic N) is 3. The van der Waals surface area contributed by atoms with Crippen molar-refractivity contribution in [1.82, 2.24) is 10.2 Å². The van der Waals surface area contributed by atoms with E-state index in [-0.39, 0.29) is 11.9 Å². The van der Waals surface area contributed by atoms with E-state index in [1.165, 1.54) is 5.56 Å². The highest BCUT2D eigenvalue weighted by molar-refractivity contribution is 7.80. The SMILES string of the molecule is Cc1cc(N2C(=O)C(C)(C)N(CCCOc3ccc(C(C)NC(C)C)cc3)C2=S)ccc1C#N. The predicted octanol–water partition coefficient (Wildman–Crippen LogP) is 5.11. The fourth-order valence-corrected chi connectivity index (χ4v) is 4.72. The molecule has 1 aliphatic heterocycles. The van der Waals surface area contributed by atoms with E-state index in [0.29, 0.717) is 35.6 Å². The molecule has 34 heavy (non-hydrogen) atoms. The van der Waals surface area contributed by atoms with Gasteiger partial charge in [0.25, 0.3) is 5.91 Å². The Labute approximate surface area is 208 Å². The molecule has 7 heteroatoms. The van der Waals surface area contributed by atoms with Crippen molar-refractivity contribution in [2.45, 2.75) is 65.6 Å². The summed E-state index contributed by atoms with van der Waals surface area (Å²) in [6.45, 7) is 13.2. The number of carbonyl (C=O) groups excluding carboxylic acids is 1. The first-order valence-corrected chi connectivity index (χ1v) is 12.1. The van der Waals surface area contributed by atoms with Crippen molar-refractivity contribution in [3.8, 4) is 11.8 Å². The molecular weight excluding hydrogens is 444 g/mol. The molecule has 0 radical (unpaired) electrons. The minimum absolute atomic E-state index is 0.0674. The number of aryl methyl sites for hydroxylation is 1. The standard InChI is InChI=1S/C27H34N4O2S/c1-18(2)29-20(4)21-9-12-24(13-10-21)33-15-7-14-30-26(34)31(25(32)27(30,5)6)23-11-8-22(17-28)19(3)16-23/h8-13,16,18,20,29H,7,14-15H2,1-6H3. The van der Waals surface area contributed by atoms with Crippen molar-refractivity contribution < 1.29 is 9.53 Å². The zero-order valence-electron chi connectivity index (χ0n) is 20.9. The van der Waals surface area contributed by atoms with Crippen LogP contribution in [0.15, 0.2) is 42.5 Å². The van der Waals surface area contributed by atoms with E-state index < -0.39 is 5.54 Å². The van der Waals surface area contributed by atoms with E-state index in [0.717, 1.165) is 17.7 Å². The lowest BCUT2D eigenvalue weighted by Gasteiger charge is -2.29. The van der Waals surface area contributed by atoms with Crippen LogP contribution in [0.25, 0.3) is 0 Å². The first-order valence-electron chi connectivity index (χ1n) is 11.7. The summed E-state index contributed by atoms with van der Waals surface area (Å²) >= 11 is 5.71. The number of hydrogen-bond acceptors (Lipinski definition) is 5. The summed E-state index contributed by atoms with van der Waals surface area (Å²) in [7, 11) is 0. The van der Waals surface area contributed by atoms with Gasteiger partial charge in [-0.15, -0.1) is 0 Å². The van der Waals surface area contributed by atoms with Gasteiger partial charge >= 0.3 is 0 Å². The summed E-state index contributed by atoms with van der Waals surface area (Å²) in [5.74, 6) is 0.761. The molecule has 3 rings (SSSR count). The van der Waals surface area contributed by atoms with Crippen molar-refractivity contribution >= 4 is 28.9 Å². The molecule has 6 nitrogen and oxygen atoms in total. The first kappa shape index (κ1) is 25.7. The van der Waals surface area contributed by atoms with Gasteiger partial charge in [-0.2, -0.15) is 5.26 Å². The van der Waals surface area contributed by atoms with E-state index in [4.69, 9.17) is 17.0 Å². The fourth-order valence-electron chi connectivity index (χ4n) is 4.21. The predicted molar refractivity (Wildman–Crippen MR) is 140 cm³/mol. The highest BCUT2D eigenvalue weighted by Crippen LogP contribution is 2.33. The average Bonchev–Trinajstić information content (AvgIpc) is 2.95. The minimum atomic E-state index is -0.750. The van der Waals surface area contributed by atoms with E-state index in [2.05, 4.69) is 44.3 Å². The third kappa shape index (κ3) is 5.40. The van der Waals surface area contributed by atoms with E-state index >= 15 is 0 Å². The summed E-state index contributed by atoms with van der Waals surface area (Å²) in [6, 6.07) is 16.4. The van der Waals surface area contributed by atoms with Gasteiger partial charge in [0.15, 0.2) is 5.11 Å². The van der Waals surface area contributed by atoms with Crippen LogP contribution in [0, 0.1) is 18.3 Å². The Kier molecular flexibility index (Phi) is 7.96. The highest BCUT2D eigenvalue weighted by Gasteiger charge is 2.49. The third-order valence-corrected chi connectivity index (χ3v) is 6.57. The van der Waals surface area contributed by atoms with Gasteiger partial charge in [0, 0.05) is 18.6 Å². The number of carbonyl (C=O) groups is 1. The van der Waals surface area contributed by atoms with Crippen LogP contribution >= 0.6 is 12.2 Å².